The van der Waals surface area contributed by atoms with Crippen LogP contribution in [0.2, 0.25) is 0 Å². The minimum atomic E-state index is -4.35. The second kappa shape index (κ2) is 8.79. The van der Waals surface area contributed by atoms with Gasteiger partial charge in [0.2, 0.25) is 0 Å². The molecule has 0 unspecified atom stereocenters. The highest BCUT2D eigenvalue weighted by Gasteiger charge is 2.30. The van der Waals surface area contributed by atoms with E-state index in [1.54, 1.807) is 0 Å². The van der Waals surface area contributed by atoms with Crippen molar-refractivity contribution in [2.24, 2.45) is 0 Å². The van der Waals surface area contributed by atoms with Crippen LogP contribution in [0.25, 0.3) is 11.1 Å². The first-order chi connectivity index (χ1) is 13.4. The summed E-state index contributed by atoms with van der Waals surface area (Å²) in [6.07, 6.45) is -2.02. The van der Waals surface area contributed by atoms with E-state index in [0.717, 1.165) is 23.3 Å². The van der Waals surface area contributed by atoms with Crippen molar-refractivity contribution in [3.8, 4) is 22.6 Å². The van der Waals surface area contributed by atoms with E-state index in [1.165, 1.54) is 29.8 Å². The standard InChI is InChI=1S/C23H22F3OP/c1-3-28(4-2)20-15-9-17(10-16-20)21-7-5-6-8-22(21)27-19-13-11-18(12-14-19)23(24,25)26/h5-16H,3-4H2,1-2H3. The second-order valence-corrected chi connectivity index (χ2v) is 9.20. The van der Waals surface area contributed by atoms with Crippen molar-refractivity contribution in [2.45, 2.75) is 20.0 Å². The summed E-state index contributed by atoms with van der Waals surface area (Å²) in [7, 11) is -0.116. The van der Waals surface area contributed by atoms with Gasteiger partial charge in [-0.3, -0.25) is 0 Å². The molecular formula is C23H22F3OP. The monoisotopic (exact) mass is 402 g/mol. The lowest BCUT2D eigenvalue weighted by atomic mass is 10.0. The molecule has 0 spiro atoms. The maximum Gasteiger partial charge on any atom is 0.416 e. The van der Waals surface area contributed by atoms with Gasteiger partial charge in [-0.05, 0) is 53.5 Å². The minimum Gasteiger partial charge on any atom is -0.457 e. The van der Waals surface area contributed by atoms with Gasteiger partial charge >= 0.3 is 6.18 Å². The average Bonchev–Trinajstić information content (AvgIpc) is 2.70. The Bertz CT molecular complexity index is 898. The SMILES string of the molecule is CCP(CC)c1ccc(-c2ccccc2Oc2ccc(C(F)(F)F)cc2)cc1. The van der Waals surface area contributed by atoms with Crippen molar-refractivity contribution in [3.05, 3.63) is 78.4 Å². The van der Waals surface area contributed by atoms with E-state index in [-0.39, 0.29) is 7.92 Å². The summed E-state index contributed by atoms with van der Waals surface area (Å²) >= 11 is 0. The van der Waals surface area contributed by atoms with Crippen molar-refractivity contribution in [1.82, 2.24) is 0 Å². The number of benzene rings is 3. The number of alkyl halides is 3. The van der Waals surface area contributed by atoms with Crippen LogP contribution in [0.3, 0.4) is 0 Å². The van der Waals surface area contributed by atoms with Gasteiger partial charge in [0.15, 0.2) is 0 Å². The van der Waals surface area contributed by atoms with E-state index in [1.807, 2.05) is 24.3 Å². The Morgan fingerprint density at radius 2 is 1.39 bits per heavy atom. The molecule has 3 rings (SSSR count). The van der Waals surface area contributed by atoms with Crippen LogP contribution in [0.1, 0.15) is 19.4 Å². The molecule has 0 heterocycles. The van der Waals surface area contributed by atoms with Crippen LogP contribution in [-0.4, -0.2) is 12.3 Å². The quantitative estimate of drug-likeness (QED) is 0.393. The fourth-order valence-corrected chi connectivity index (χ4v) is 4.82. The number of hydrogen-bond donors (Lipinski definition) is 0. The van der Waals surface area contributed by atoms with E-state index in [2.05, 4.69) is 38.1 Å². The molecule has 0 aliphatic rings. The highest BCUT2D eigenvalue weighted by molar-refractivity contribution is 7.65. The van der Waals surface area contributed by atoms with E-state index >= 15 is 0 Å². The molecule has 0 bridgehead atoms. The van der Waals surface area contributed by atoms with Gasteiger partial charge < -0.3 is 4.74 Å². The lowest BCUT2D eigenvalue weighted by Gasteiger charge is -2.15. The lowest BCUT2D eigenvalue weighted by molar-refractivity contribution is -0.137. The van der Waals surface area contributed by atoms with E-state index in [0.29, 0.717) is 11.5 Å². The molecule has 146 valence electrons. The molecule has 5 heteroatoms. The van der Waals surface area contributed by atoms with Gasteiger partial charge in [-0.2, -0.15) is 13.2 Å². The third-order valence-electron chi connectivity index (χ3n) is 4.60. The van der Waals surface area contributed by atoms with Crippen LogP contribution in [0.4, 0.5) is 13.2 Å². The van der Waals surface area contributed by atoms with Gasteiger partial charge in [0, 0.05) is 5.56 Å². The van der Waals surface area contributed by atoms with E-state index in [4.69, 9.17) is 4.74 Å². The number of rotatable bonds is 6. The lowest BCUT2D eigenvalue weighted by Crippen LogP contribution is -2.04. The van der Waals surface area contributed by atoms with Crippen molar-refractivity contribution < 1.29 is 17.9 Å². The predicted octanol–water partition coefficient (Wildman–Crippen LogP) is 7.31. The number of para-hydroxylation sites is 1. The van der Waals surface area contributed by atoms with Crippen molar-refractivity contribution in [1.29, 1.82) is 0 Å². The third kappa shape index (κ3) is 4.74. The molecule has 0 aliphatic heterocycles. The zero-order valence-corrected chi connectivity index (χ0v) is 16.7. The maximum atomic E-state index is 12.7. The van der Waals surface area contributed by atoms with Gasteiger partial charge in [-0.25, -0.2) is 0 Å². The summed E-state index contributed by atoms with van der Waals surface area (Å²) in [4.78, 5) is 0. The Hall–Kier alpha value is -2.32. The van der Waals surface area contributed by atoms with Crippen LogP contribution >= 0.6 is 7.92 Å². The van der Waals surface area contributed by atoms with Gasteiger partial charge in [0.1, 0.15) is 11.5 Å². The third-order valence-corrected chi connectivity index (χ3v) is 7.16. The molecule has 0 atom stereocenters. The Balaban J connectivity index is 1.85. The first-order valence-electron chi connectivity index (χ1n) is 9.22. The smallest absolute Gasteiger partial charge is 0.416 e. The van der Waals surface area contributed by atoms with Gasteiger partial charge in [0.05, 0.1) is 5.56 Å². The topological polar surface area (TPSA) is 9.23 Å². The van der Waals surface area contributed by atoms with Crippen molar-refractivity contribution in [3.63, 3.8) is 0 Å². The summed E-state index contributed by atoms with van der Waals surface area (Å²) < 4.78 is 44.1. The van der Waals surface area contributed by atoms with E-state index in [9.17, 15) is 13.2 Å². The molecule has 3 aromatic rings. The van der Waals surface area contributed by atoms with Crippen LogP contribution in [0.15, 0.2) is 72.8 Å². The highest BCUT2D eigenvalue weighted by atomic mass is 31.1. The predicted molar refractivity (Wildman–Crippen MR) is 111 cm³/mol. The first kappa shape index (κ1) is 20.4. The van der Waals surface area contributed by atoms with Crippen LogP contribution in [0, 0.1) is 0 Å². The second-order valence-electron chi connectivity index (χ2n) is 6.34. The molecule has 3 aromatic carbocycles. The summed E-state index contributed by atoms with van der Waals surface area (Å²) in [5, 5.41) is 1.38. The van der Waals surface area contributed by atoms with Gasteiger partial charge in [-0.1, -0.05) is 64.2 Å². The van der Waals surface area contributed by atoms with Crippen LogP contribution in [0.5, 0.6) is 11.5 Å². The Kier molecular flexibility index (Phi) is 6.41. The molecule has 28 heavy (non-hydrogen) atoms. The number of halogens is 3. The molecule has 0 aliphatic carbocycles. The largest absolute Gasteiger partial charge is 0.457 e. The number of hydrogen-bond acceptors (Lipinski definition) is 1. The summed E-state index contributed by atoms with van der Waals surface area (Å²) in [6, 6.07) is 20.8. The number of ether oxygens (including phenoxy) is 1. The normalized spacial score (nSPS) is 11.6. The van der Waals surface area contributed by atoms with Crippen LogP contribution < -0.4 is 10.0 Å². The van der Waals surface area contributed by atoms with Gasteiger partial charge in [-0.15, -0.1) is 0 Å². The van der Waals surface area contributed by atoms with Crippen molar-refractivity contribution >= 4 is 13.2 Å². The zero-order chi connectivity index (χ0) is 20.1. The summed E-state index contributed by atoms with van der Waals surface area (Å²) in [6.45, 7) is 4.44. The Morgan fingerprint density at radius 3 is 1.96 bits per heavy atom. The average molecular weight is 402 g/mol. The Morgan fingerprint density at radius 1 is 0.786 bits per heavy atom. The van der Waals surface area contributed by atoms with E-state index < -0.39 is 11.7 Å². The summed E-state index contributed by atoms with van der Waals surface area (Å²) in [5.41, 5.74) is 1.24. The molecule has 0 N–H and O–H groups in total. The van der Waals surface area contributed by atoms with Gasteiger partial charge in [0.25, 0.3) is 0 Å². The fraction of sp³-hybridized carbons (Fsp3) is 0.217. The minimum absolute atomic E-state index is 0.116. The molecule has 0 fully saturated rings. The molecule has 0 aromatic heterocycles. The summed E-state index contributed by atoms with van der Waals surface area (Å²) in [5.74, 6) is 0.987. The molecule has 0 radical (unpaired) electrons. The molecular weight excluding hydrogens is 380 g/mol. The highest BCUT2D eigenvalue weighted by Crippen LogP contribution is 2.37. The van der Waals surface area contributed by atoms with Crippen LogP contribution in [-0.2, 0) is 6.18 Å². The zero-order valence-electron chi connectivity index (χ0n) is 15.8. The maximum absolute atomic E-state index is 12.7. The fourth-order valence-electron chi connectivity index (χ4n) is 3.07. The molecule has 0 saturated carbocycles. The Labute approximate surface area is 164 Å². The molecule has 0 saturated heterocycles. The molecule has 1 nitrogen and oxygen atoms in total. The van der Waals surface area contributed by atoms with Crippen molar-refractivity contribution in [2.75, 3.05) is 12.3 Å². The first-order valence-corrected chi connectivity index (χ1v) is 10.9. The molecule has 0 amide bonds.